The van der Waals surface area contributed by atoms with E-state index in [4.69, 9.17) is 0 Å². The van der Waals surface area contributed by atoms with Gasteiger partial charge in [-0.15, -0.1) is 0 Å². The molecular formula is C21H24N4O2. The number of aryl methyl sites for hydroxylation is 2. The molecule has 3 aromatic rings. The zero-order chi connectivity index (χ0) is 19.0. The quantitative estimate of drug-likeness (QED) is 0.774. The van der Waals surface area contributed by atoms with Crippen molar-refractivity contribution in [3.05, 3.63) is 63.8 Å². The Balaban J connectivity index is 1.58. The zero-order valence-corrected chi connectivity index (χ0v) is 15.7. The topological polar surface area (TPSA) is 68.4 Å². The number of amides is 1. The van der Waals surface area contributed by atoms with Gasteiger partial charge in [0.2, 0.25) is 5.91 Å². The minimum atomic E-state index is -0.215. The van der Waals surface area contributed by atoms with Gasteiger partial charge < -0.3 is 9.88 Å². The highest BCUT2D eigenvalue weighted by Gasteiger charge is 2.23. The summed E-state index contributed by atoms with van der Waals surface area (Å²) in [4.78, 5) is 25.4. The second-order valence-electron chi connectivity index (χ2n) is 7.40. The Bertz CT molecular complexity index is 1050. The number of aromatic nitrogens is 3. The first-order chi connectivity index (χ1) is 13.0. The summed E-state index contributed by atoms with van der Waals surface area (Å²) in [5.74, 6) is 0.334. The van der Waals surface area contributed by atoms with E-state index in [1.165, 1.54) is 10.1 Å². The second-order valence-corrected chi connectivity index (χ2v) is 7.40. The second kappa shape index (κ2) is 7.02. The lowest BCUT2D eigenvalue weighted by molar-refractivity contribution is -0.116. The highest BCUT2D eigenvalue weighted by atomic mass is 16.2. The molecule has 27 heavy (non-hydrogen) atoms. The van der Waals surface area contributed by atoms with E-state index < -0.39 is 0 Å². The molecule has 1 amide bonds. The molecule has 0 spiro atoms. The number of hydrogen-bond donors (Lipinski definition) is 1. The van der Waals surface area contributed by atoms with E-state index in [1.54, 1.807) is 16.9 Å². The van der Waals surface area contributed by atoms with Crippen LogP contribution in [0.3, 0.4) is 0 Å². The van der Waals surface area contributed by atoms with Crippen LogP contribution in [0.1, 0.15) is 37.1 Å². The molecule has 0 fully saturated rings. The lowest BCUT2D eigenvalue weighted by Gasteiger charge is -2.16. The predicted molar refractivity (Wildman–Crippen MR) is 105 cm³/mol. The number of rotatable bonds is 4. The third-order valence-electron chi connectivity index (χ3n) is 5.33. The standard InChI is InChI=1S/C21H24N4O2/c1-3-15-5-7-16(8-6-15)22-19(26)13-24-10-11-25-20(21(24)27)17-12-14(2)4-9-18(17)23-25/h5-8,10-11,14H,3-4,9,12-13H2,1-2H3,(H,22,26)/t14-/m1/s1. The van der Waals surface area contributed by atoms with Crippen molar-refractivity contribution < 1.29 is 4.79 Å². The van der Waals surface area contributed by atoms with Gasteiger partial charge in [-0.05, 0) is 49.3 Å². The van der Waals surface area contributed by atoms with Crippen molar-refractivity contribution in [2.24, 2.45) is 5.92 Å². The third-order valence-corrected chi connectivity index (χ3v) is 5.33. The van der Waals surface area contributed by atoms with E-state index in [1.807, 2.05) is 24.3 Å². The Morgan fingerprint density at radius 2 is 2.04 bits per heavy atom. The summed E-state index contributed by atoms with van der Waals surface area (Å²) in [5, 5.41) is 7.41. The molecule has 1 aromatic carbocycles. The van der Waals surface area contributed by atoms with Crippen molar-refractivity contribution in [3.63, 3.8) is 0 Å². The van der Waals surface area contributed by atoms with E-state index >= 15 is 0 Å². The van der Waals surface area contributed by atoms with Crippen molar-refractivity contribution in [3.8, 4) is 0 Å². The Morgan fingerprint density at radius 3 is 2.78 bits per heavy atom. The summed E-state index contributed by atoms with van der Waals surface area (Å²) in [7, 11) is 0. The lowest BCUT2D eigenvalue weighted by Crippen LogP contribution is -2.28. The first-order valence-electron chi connectivity index (χ1n) is 9.53. The maximum Gasteiger partial charge on any atom is 0.277 e. The smallest absolute Gasteiger partial charge is 0.277 e. The molecule has 0 radical (unpaired) electrons. The summed E-state index contributed by atoms with van der Waals surface area (Å²) >= 11 is 0. The molecule has 2 heterocycles. The van der Waals surface area contributed by atoms with Crippen LogP contribution < -0.4 is 10.9 Å². The van der Waals surface area contributed by atoms with Crippen LogP contribution in [-0.2, 0) is 30.6 Å². The molecule has 140 valence electrons. The van der Waals surface area contributed by atoms with Crippen LogP contribution >= 0.6 is 0 Å². The molecule has 0 unspecified atom stereocenters. The van der Waals surface area contributed by atoms with Crippen molar-refractivity contribution in [1.29, 1.82) is 0 Å². The number of hydrogen-bond acceptors (Lipinski definition) is 3. The molecule has 6 nitrogen and oxygen atoms in total. The van der Waals surface area contributed by atoms with Gasteiger partial charge in [0.1, 0.15) is 12.1 Å². The van der Waals surface area contributed by atoms with Gasteiger partial charge in [0, 0.05) is 23.6 Å². The van der Waals surface area contributed by atoms with Gasteiger partial charge in [0.15, 0.2) is 0 Å². The van der Waals surface area contributed by atoms with E-state index in [0.717, 1.165) is 42.6 Å². The predicted octanol–water partition coefficient (Wildman–Crippen LogP) is 2.82. The van der Waals surface area contributed by atoms with Gasteiger partial charge in [-0.3, -0.25) is 9.59 Å². The minimum absolute atomic E-state index is 0.0135. The van der Waals surface area contributed by atoms with E-state index in [-0.39, 0.29) is 18.0 Å². The molecule has 4 rings (SSSR count). The molecular weight excluding hydrogens is 340 g/mol. The average molecular weight is 364 g/mol. The van der Waals surface area contributed by atoms with Crippen LogP contribution in [0.5, 0.6) is 0 Å². The Hall–Kier alpha value is -2.89. The number of carbonyl (C=O) groups excluding carboxylic acids is 1. The van der Waals surface area contributed by atoms with Crippen LogP contribution in [0, 0.1) is 5.92 Å². The van der Waals surface area contributed by atoms with Gasteiger partial charge in [-0.1, -0.05) is 26.0 Å². The van der Waals surface area contributed by atoms with Crippen molar-refractivity contribution >= 4 is 17.1 Å². The van der Waals surface area contributed by atoms with Gasteiger partial charge in [0.05, 0.1) is 5.69 Å². The van der Waals surface area contributed by atoms with Crippen LogP contribution in [0.2, 0.25) is 0 Å². The molecule has 0 saturated carbocycles. The van der Waals surface area contributed by atoms with Gasteiger partial charge in [-0.2, -0.15) is 5.10 Å². The molecule has 1 N–H and O–H groups in total. The van der Waals surface area contributed by atoms with Gasteiger partial charge in [-0.25, -0.2) is 4.52 Å². The fraction of sp³-hybridized carbons (Fsp3) is 0.381. The largest absolute Gasteiger partial charge is 0.325 e. The first kappa shape index (κ1) is 17.5. The fourth-order valence-electron chi connectivity index (χ4n) is 3.75. The summed E-state index contributed by atoms with van der Waals surface area (Å²) in [6.07, 6.45) is 7.24. The van der Waals surface area contributed by atoms with Gasteiger partial charge >= 0.3 is 0 Å². The number of anilines is 1. The molecule has 2 aromatic heterocycles. The number of nitrogens with one attached hydrogen (secondary N) is 1. The van der Waals surface area contributed by atoms with E-state index in [2.05, 4.69) is 24.3 Å². The molecule has 0 aliphatic heterocycles. The number of nitrogens with zero attached hydrogens (tertiary/aromatic N) is 3. The summed E-state index contributed by atoms with van der Waals surface area (Å²) in [5.41, 5.74) is 4.47. The minimum Gasteiger partial charge on any atom is -0.325 e. The van der Waals surface area contributed by atoms with E-state index in [9.17, 15) is 9.59 Å². The number of benzene rings is 1. The van der Waals surface area contributed by atoms with Crippen molar-refractivity contribution in [2.75, 3.05) is 5.32 Å². The van der Waals surface area contributed by atoms with Crippen LogP contribution in [0.15, 0.2) is 41.5 Å². The molecule has 6 heteroatoms. The highest BCUT2D eigenvalue weighted by molar-refractivity contribution is 5.90. The Kier molecular flexibility index (Phi) is 4.56. The molecule has 1 aliphatic rings. The molecule has 0 bridgehead atoms. The molecule has 0 saturated heterocycles. The fourth-order valence-corrected chi connectivity index (χ4v) is 3.75. The summed E-state index contributed by atoms with van der Waals surface area (Å²) in [6.45, 7) is 4.28. The zero-order valence-electron chi connectivity index (χ0n) is 15.7. The lowest BCUT2D eigenvalue weighted by atomic mass is 9.88. The van der Waals surface area contributed by atoms with Crippen molar-refractivity contribution in [2.45, 2.75) is 46.1 Å². The number of fused-ring (bicyclic) bond motifs is 3. The van der Waals surface area contributed by atoms with Crippen LogP contribution in [-0.4, -0.2) is 20.1 Å². The number of carbonyl (C=O) groups is 1. The summed E-state index contributed by atoms with van der Waals surface area (Å²) in [6, 6.07) is 7.76. The normalized spacial score (nSPS) is 16.3. The summed E-state index contributed by atoms with van der Waals surface area (Å²) < 4.78 is 3.13. The Labute approximate surface area is 157 Å². The van der Waals surface area contributed by atoms with Crippen LogP contribution in [0.25, 0.3) is 5.52 Å². The molecule has 1 atom stereocenters. The SMILES string of the molecule is CCc1ccc(NC(=O)Cn2ccn3nc4c(c3c2=O)C[C@H](C)CC4)cc1. The molecule has 1 aliphatic carbocycles. The first-order valence-corrected chi connectivity index (χ1v) is 9.53. The van der Waals surface area contributed by atoms with E-state index in [0.29, 0.717) is 11.4 Å². The van der Waals surface area contributed by atoms with Crippen molar-refractivity contribution in [1.82, 2.24) is 14.2 Å². The maximum absolute atomic E-state index is 13.0. The van der Waals surface area contributed by atoms with Crippen LogP contribution in [0.4, 0.5) is 5.69 Å². The highest BCUT2D eigenvalue weighted by Crippen LogP contribution is 2.26. The Morgan fingerprint density at radius 1 is 1.26 bits per heavy atom. The van der Waals surface area contributed by atoms with Gasteiger partial charge in [0.25, 0.3) is 5.56 Å². The maximum atomic E-state index is 13.0. The third kappa shape index (κ3) is 3.39. The average Bonchev–Trinajstić information content (AvgIpc) is 3.03. The monoisotopic (exact) mass is 364 g/mol.